The van der Waals surface area contributed by atoms with E-state index in [4.69, 9.17) is 15.2 Å². The van der Waals surface area contributed by atoms with E-state index in [1.807, 2.05) is 0 Å². The molecule has 3 nitrogen and oxygen atoms in total. The lowest BCUT2D eigenvalue weighted by molar-refractivity contribution is -0.0866. The van der Waals surface area contributed by atoms with Gasteiger partial charge in [-0.3, -0.25) is 0 Å². The van der Waals surface area contributed by atoms with Gasteiger partial charge in [-0.05, 0) is 12.8 Å². The first kappa shape index (κ1) is 9.44. The lowest BCUT2D eigenvalue weighted by Crippen LogP contribution is -2.44. The van der Waals surface area contributed by atoms with Gasteiger partial charge in [0.15, 0.2) is 0 Å². The van der Waals surface area contributed by atoms with Gasteiger partial charge in [-0.2, -0.15) is 0 Å². The number of rotatable bonds is 1. The average molecular weight is 185 g/mol. The standard InChI is InChI=1S/C10H19NO2/c1-9(2)6-12-7-10(9)4-3-8(5-11)13-10/h8H,3-7,11H2,1-2H3. The second kappa shape index (κ2) is 2.94. The van der Waals surface area contributed by atoms with Gasteiger partial charge < -0.3 is 15.2 Å². The van der Waals surface area contributed by atoms with Crippen LogP contribution in [0, 0.1) is 5.41 Å². The second-order valence-electron chi connectivity index (χ2n) is 4.89. The van der Waals surface area contributed by atoms with Crippen LogP contribution in [-0.4, -0.2) is 31.5 Å². The van der Waals surface area contributed by atoms with E-state index < -0.39 is 0 Å². The van der Waals surface area contributed by atoms with Gasteiger partial charge >= 0.3 is 0 Å². The molecule has 76 valence electrons. The van der Waals surface area contributed by atoms with Crippen LogP contribution in [0.3, 0.4) is 0 Å². The smallest absolute Gasteiger partial charge is 0.0992 e. The largest absolute Gasteiger partial charge is 0.378 e. The fraction of sp³-hybridized carbons (Fsp3) is 1.00. The highest BCUT2D eigenvalue weighted by Gasteiger charge is 2.54. The molecule has 0 aromatic carbocycles. The Bertz CT molecular complexity index is 205. The first-order chi connectivity index (χ1) is 6.10. The summed E-state index contributed by atoms with van der Waals surface area (Å²) in [7, 11) is 0. The molecule has 2 atom stereocenters. The summed E-state index contributed by atoms with van der Waals surface area (Å²) in [5.74, 6) is 0. The maximum Gasteiger partial charge on any atom is 0.0992 e. The van der Waals surface area contributed by atoms with E-state index in [2.05, 4.69) is 13.8 Å². The molecule has 0 aromatic heterocycles. The zero-order valence-electron chi connectivity index (χ0n) is 8.51. The molecule has 2 N–H and O–H groups in total. The van der Waals surface area contributed by atoms with Gasteiger partial charge in [0.05, 0.1) is 24.9 Å². The molecule has 2 heterocycles. The Kier molecular flexibility index (Phi) is 2.13. The Morgan fingerprint density at radius 2 is 2.15 bits per heavy atom. The monoisotopic (exact) mass is 185 g/mol. The van der Waals surface area contributed by atoms with Crippen LogP contribution in [0.15, 0.2) is 0 Å². The molecule has 0 amide bonds. The summed E-state index contributed by atoms with van der Waals surface area (Å²) < 4.78 is 11.5. The average Bonchev–Trinajstić information content (AvgIpc) is 2.60. The van der Waals surface area contributed by atoms with Gasteiger partial charge in [0.2, 0.25) is 0 Å². The summed E-state index contributed by atoms with van der Waals surface area (Å²) in [5, 5.41) is 0. The molecule has 2 rings (SSSR count). The fourth-order valence-electron chi connectivity index (χ4n) is 2.40. The highest BCUT2D eigenvalue weighted by atomic mass is 16.6. The first-order valence-electron chi connectivity index (χ1n) is 5.05. The molecular formula is C10H19NO2. The zero-order valence-corrected chi connectivity index (χ0v) is 8.51. The van der Waals surface area contributed by atoms with E-state index in [-0.39, 0.29) is 17.1 Å². The minimum atomic E-state index is -0.0446. The topological polar surface area (TPSA) is 44.5 Å². The summed E-state index contributed by atoms with van der Waals surface area (Å²) in [5.41, 5.74) is 5.71. The van der Waals surface area contributed by atoms with Crippen LogP contribution in [0.5, 0.6) is 0 Å². The van der Waals surface area contributed by atoms with Crippen LogP contribution < -0.4 is 5.73 Å². The summed E-state index contributed by atoms with van der Waals surface area (Å²) in [4.78, 5) is 0. The van der Waals surface area contributed by atoms with E-state index in [1.54, 1.807) is 0 Å². The van der Waals surface area contributed by atoms with Crippen LogP contribution in [0.2, 0.25) is 0 Å². The molecule has 1 spiro atoms. The third-order valence-electron chi connectivity index (χ3n) is 3.56. The third kappa shape index (κ3) is 1.30. The van der Waals surface area contributed by atoms with Gasteiger partial charge in [0.1, 0.15) is 0 Å². The minimum absolute atomic E-state index is 0.0446. The van der Waals surface area contributed by atoms with Crippen molar-refractivity contribution < 1.29 is 9.47 Å². The van der Waals surface area contributed by atoms with Crippen molar-refractivity contribution in [2.24, 2.45) is 11.1 Å². The molecule has 2 aliphatic heterocycles. The first-order valence-corrected chi connectivity index (χ1v) is 5.05. The Balaban J connectivity index is 2.13. The fourth-order valence-corrected chi connectivity index (χ4v) is 2.40. The maximum atomic E-state index is 6.02. The summed E-state index contributed by atoms with van der Waals surface area (Å²) in [6, 6.07) is 0. The highest BCUT2D eigenvalue weighted by Crippen LogP contribution is 2.47. The number of hydrogen-bond acceptors (Lipinski definition) is 3. The predicted octanol–water partition coefficient (Wildman–Crippen LogP) is 0.919. The van der Waals surface area contributed by atoms with Gasteiger partial charge in [-0.1, -0.05) is 13.8 Å². The van der Waals surface area contributed by atoms with Crippen molar-refractivity contribution in [1.82, 2.24) is 0 Å². The Hall–Kier alpha value is -0.120. The summed E-state index contributed by atoms with van der Waals surface area (Å²) in [6.07, 6.45) is 2.44. The Morgan fingerprint density at radius 1 is 1.38 bits per heavy atom. The van der Waals surface area contributed by atoms with E-state index in [0.717, 1.165) is 26.1 Å². The molecule has 0 bridgehead atoms. The predicted molar refractivity (Wildman–Crippen MR) is 50.5 cm³/mol. The van der Waals surface area contributed by atoms with Gasteiger partial charge in [-0.25, -0.2) is 0 Å². The van der Waals surface area contributed by atoms with Gasteiger partial charge in [-0.15, -0.1) is 0 Å². The molecule has 0 aromatic rings. The lowest BCUT2D eigenvalue weighted by Gasteiger charge is -2.35. The molecule has 2 saturated heterocycles. The number of nitrogens with two attached hydrogens (primary N) is 1. The molecule has 2 fully saturated rings. The molecule has 2 aliphatic rings. The summed E-state index contributed by atoms with van der Waals surface area (Å²) in [6.45, 7) is 6.64. The van der Waals surface area contributed by atoms with Crippen LogP contribution in [0.25, 0.3) is 0 Å². The van der Waals surface area contributed by atoms with Crippen molar-refractivity contribution in [2.75, 3.05) is 19.8 Å². The van der Waals surface area contributed by atoms with Crippen LogP contribution in [-0.2, 0) is 9.47 Å². The normalized spacial score (nSPS) is 43.2. The van der Waals surface area contributed by atoms with E-state index in [0.29, 0.717) is 6.54 Å². The van der Waals surface area contributed by atoms with Crippen LogP contribution in [0.4, 0.5) is 0 Å². The van der Waals surface area contributed by atoms with E-state index in [9.17, 15) is 0 Å². The molecule has 13 heavy (non-hydrogen) atoms. The van der Waals surface area contributed by atoms with Crippen molar-refractivity contribution in [3.63, 3.8) is 0 Å². The third-order valence-corrected chi connectivity index (χ3v) is 3.56. The van der Waals surface area contributed by atoms with Crippen LogP contribution in [0.1, 0.15) is 26.7 Å². The molecule has 0 radical (unpaired) electrons. The quantitative estimate of drug-likeness (QED) is 0.660. The minimum Gasteiger partial charge on any atom is -0.378 e. The summed E-state index contributed by atoms with van der Waals surface area (Å²) >= 11 is 0. The molecule has 0 saturated carbocycles. The highest BCUT2D eigenvalue weighted by molar-refractivity contribution is 5.03. The number of hydrogen-bond donors (Lipinski definition) is 1. The Labute approximate surface area is 79.6 Å². The lowest BCUT2D eigenvalue weighted by atomic mass is 9.76. The molecular weight excluding hydrogens is 166 g/mol. The van der Waals surface area contributed by atoms with Gasteiger partial charge in [0.25, 0.3) is 0 Å². The van der Waals surface area contributed by atoms with E-state index in [1.165, 1.54) is 0 Å². The van der Waals surface area contributed by atoms with Crippen molar-refractivity contribution in [1.29, 1.82) is 0 Å². The number of ether oxygens (including phenoxy) is 2. The molecule has 0 aliphatic carbocycles. The molecule has 2 unspecified atom stereocenters. The van der Waals surface area contributed by atoms with E-state index >= 15 is 0 Å². The Morgan fingerprint density at radius 3 is 2.62 bits per heavy atom. The van der Waals surface area contributed by atoms with Crippen molar-refractivity contribution >= 4 is 0 Å². The van der Waals surface area contributed by atoms with Crippen molar-refractivity contribution in [3.05, 3.63) is 0 Å². The second-order valence-corrected chi connectivity index (χ2v) is 4.89. The SMILES string of the molecule is CC1(C)COCC12CCC(CN)O2. The van der Waals surface area contributed by atoms with Crippen LogP contribution >= 0.6 is 0 Å². The van der Waals surface area contributed by atoms with Crippen molar-refractivity contribution in [3.8, 4) is 0 Å². The van der Waals surface area contributed by atoms with Gasteiger partial charge in [0, 0.05) is 12.0 Å². The molecule has 3 heteroatoms. The van der Waals surface area contributed by atoms with Crippen molar-refractivity contribution in [2.45, 2.75) is 38.4 Å². The maximum absolute atomic E-state index is 6.02. The zero-order chi connectivity index (χ0) is 9.53.